The number of nitrogens with zero attached hydrogens (tertiary/aromatic N) is 4. The third kappa shape index (κ3) is 3.33. The van der Waals surface area contributed by atoms with Gasteiger partial charge in [-0.1, -0.05) is 12.1 Å². The van der Waals surface area contributed by atoms with Gasteiger partial charge >= 0.3 is 5.76 Å². The lowest BCUT2D eigenvalue weighted by Crippen LogP contribution is -2.33. The van der Waals surface area contributed by atoms with Crippen molar-refractivity contribution in [2.75, 3.05) is 13.1 Å². The maximum Gasteiger partial charge on any atom is 0.419 e. The highest BCUT2D eigenvalue weighted by molar-refractivity contribution is 5.77. The molecule has 0 saturated carbocycles. The number of para-hydroxylation sites is 2. The summed E-state index contributed by atoms with van der Waals surface area (Å²) in [5, 5.41) is 3.32. The Bertz CT molecular complexity index is 1120. The summed E-state index contributed by atoms with van der Waals surface area (Å²) in [4.78, 5) is 36.3. The average Bonchev–Trinajstić information content (AvgIpc) is 3.36. The Morgan fingerprint density at radius 3 is 3.14 bits per heavy atom. The number of benzene rings is 1. The van der Waals surface area contributed by atoms with E-state index in [4.69, 9.17) is 9.40 Å². The monoisotopic (exact) mass is 393 g/mol. The van der Waals surface area contributed by atoms with Crippen LogP contribution in [0.25, 0.3) is 11.1 Å². The van der Waals surface area contributed by atoms with Crippen LogP contribution in [0.15, 0.2) is 39.7 Å². The van der Waals surface area contributed by atoms with Gasteiger partial charge < -0.3 is 14.6 Å². The van der Waals surface area contributed by atoms with Crippen LogP contribution in [-0.4, -0.2) is 38.4 Å². The second kappa shape index (κ2) is 7.44. The number of carbonyl (C=O) groups excluding carboxylic acids is 1. The SMILES string of the molecule is O=C(CCn1c(=O)oc2ccccc21)N1CCC[C@@H]1c1ncc2c(n1)CCNC2. The van der Waals surface area contributed by atoms with Crippen LogP contribution in [-0.2, 0) is 24.3 Å². The summed E-state index contributed by atoms with van der Waals surface area (Å²) in [5.74, 6) is 0.332. The van der Waals surface area contributed by atoms with Gasteiger partial charge in [-0.05, 0) is 25.0 Å². The molecule has 2 aliphatic heterocycles. The predicted octanol–water partition coefficient (Wildman–Crippen LogP) is 1.78. The molecule has 0 bridgehead atoms. The van der Waals surface area contributed by atoms with Crippen molar-refractivity contribution >= 4 is 17.0 Å². The van der Waals surface area contributed by atoms with Gasteiger partial charge in [0.2, 0.25) is 5.91 Å². The van der Waals surface area contributed by atoms with Crippen LogP contribution >= 0.6 is 0 Å². The predicted molar refractivity (Wildman–Crippen MR) is 106 cm³/mol. The van der Waals surface area contributed by atoms with E-state index in [2.05, 4.69) is 10.3 Å². The second-order valence-corrected chi connectivity index (χ2v) is 7.61. The molecule has 1 fully saturated rings. The van der Waals surface area contributed by atoms with Crippen molar-refractivity contribution in [2.45, 2.75) is 44.8 Å². The molecule has 2 aromatic heterocycles. The van der Waals surface area contributed by atoms with Crippen LogP contribution in [0.2, 0.25) is 0 Å². The van der Waals surface area contributed by atoms with E-state index in [0.29, 0.717) is 18.7 Å². The number of likely N-dealkylation sites (tertiary alicyclic amines) is 1. The largest absolute Gasteiger partial charge is 0.419 e. The highest BCUT2D eigenvalue weighted by Crippen LogP contribution is 2.31. The number of carbonyl (C=O) groups is 1. The summed E-state index contributed by atoms with van der Waals surface area (Å²) < 4.78 is 6.79. The summed E-state index contributed by atoms with van der Waals surface area (Å²) in [6, 6.07) is 7.19. The molecule has 8 heteroatoms. The van der Waals surface area contributed by atoms with Crippen LogP contribution < -0.4 is 11.1 Å². The third-order valence-corrected chi connectivity index (χ3v) is 5.82. The molecule has 1 N–H and O–H groups in total. The normalized spacial score (nSPS) is 18.9. The van der Waals surface area contributed by atoms with Crippen LogP contribution in [0.5, 0.6) is 0 Å². The molecular formula is C21H23N5O3. The number of oxazole rings is 1. The van der Waals surface area contributed by atoms with Gasteiger partial charge in [-0.25, -0.2) is 14.8 Å². The molecule has 1 amide bonds. The lowest BCUT2D eigenvalue weighted by Gasteiger charge is -2.25. The molecule has 1 aromatic carbocycles. The zero-order chi connectivity index (χ0) is 19.8. The van der Waals surface area contributed by atoms with E-state index in [1.54, 1.807) is 6.07 Å². The van der Waals surface area contributed by atoms with E-state index in [1.165, 1.54) is 4.57 Å². The fourth-order valence-electron chi connectivity index (χ4n) is 4.32. The van der Waals surface area contributed by atoms with Crippen LogP contribution in [0.3, 0.4) is 0 Å². The summed E-state index contributed by atoms with van der Waals surface area (Å²) >= 11 is 0. The highest BCUT2D eigenvalue weighted by Gasteiger charge is 2.32. The van der Waals surface area contributed by atoms with Crippen LogP contribution in [0.1, 0.15) is 42.4 Å². The topological polar surface area (TPSA) is 93.3 Å². The van der Waals surface area contributed by atoms with Gasteiger partial charge in [-0.3, -0.25) is 9.36 Å². The van der Waals surface area contributed by atoms with E-state index in [9.17, 15) is 9.59 Å². The van der Waals surface area contributed by atoms with Gasteiger partial charge in [0, 0.05) is 56.5 Å². The average molecular weight is 393 g/mol. The number of fused-ring (bicyclic) bond motifs is 2. The van der Waals surface area contributed by atoms with Crippen LogP contribution in [0.4, 0.5) is 0 Å². The molecule has 29 heavy (non-hydrogen) atoms. The number of rotatable bonds is 4. The second-order valence-electron chi connectivity index (χ2n) is 7.61. The van der Waals surface area contributed by atoms with Gasteiger partial charge in [0.25, 0.3) is 0 Å². The number of hydrogen-bond donors (Lipinski definition) is 1. The highest BCUT2D eigenvalue weighted by atomic mass is 16.4. The van der Waals surface area contributed by atoms with E-state index >= 15 is 0 Å². The minimum Gasteiger partial charge on any atom is -0.408 e. The van der Waals surface area contributed by atoms with Crippen molar-refractivity contribution < 1.29 is 9.21 Å². The van der Waals surface area contributed by atoms with Crippen LogP contribution in [0, 0.1) is 0 Å². The lowest BCUT2D eigenvalue weighted by atomic mass is 10.1. The van der Waals surface area contributed by atoms with Gasteiger partial charge in [-0.2, -0.15) is 0 Å². The maximum atomic E-state index is 13.0. The molecule has 0 unspecified atom stereocenters. The summed E-state index contributed by atoms with van der Waals surface area (Å²) in [7, 11) is 0. The van der Waals surface area contributed by atoms with Crippen molar-refractivity contribution in [1.82, 2.24) is 24.8 Å². The molecule has 1 atom stereocenters. The molecule has 0 spiro atoms. The first-order valence-electron chi connectivity index (χ1n) is 10.1. The fraction of sp³-hybridized carbons (Fsp3) is 0.429. The molecule has 150 valence electrons. The molecule has 0 radical (unpaired) electrons. The summed E-state index contributed by atoms with van der Waals surface area (Å²) in [6.45, 7) is 2.72. The van der Waals surface area contributed by atoms with Gasteiger partial charge in [0.1, 0.15) is 0 Å². The molecule has 3 aromatic rings. The fourth-order valence-corrected chi connectivity index (χ4v) is 4.32. The first kappa shape index (κ1) is 18.1. The number of aryl methyl sites for hydroxylation is 1. The molecule has 2 aliphatic rings. The first-order valence-corrected chi connectivity index (χ1v) is 10.1. The number of amides is 1. The van der Waals surface area contributed by atoms with E-state index in [-0.39, 0.29) is 18.4 Å². The zero-order valence-electron chi connectivity index (χ0n) is 16.1. The van der Waals surface area contributed by atoms with E-state index < -0.39 is 5.76 Å². The summed E-state index contributed by atoms with van der Waals surface area (Å²) in [5.41, 5.74) is 3.49. The maximum absolute atomic E-state index is 13.0. The van der Waals surface area contributed by atoms with Crippen molar-refractivity contribution in [3.63, 3.8) is 0 Å². The zero-order valence-corrected chi connectivity index (χ0v) is 16.1. The van der Waals surface area contributed by atoms with Crippen molar-refractivity contribution in [3.8, 4) is 0 Å². The molecule has 1 saturated heterocycles. The molecule has 8 nitrogen and oxygen atoms in total. The minimum atomic E-state index is -0.427. The lowest BCUT2D eigenvalue weighted by molar-refractivity contribution is -0.132. The quantitative estimate of drug-likeness (QED) is 0.726. The number of nitrogens with one attached hydrogen (secondary N) is 1. The Labute approximate surface area is 167 Å². The van der Waals surface area contributed by atoms with E-state index in [0.717, 1.165) is 55.0 Å². The Morgan fingerprint density at radius 2 is 2.21 bits per heavy atom. The van der Waals surface area contributed by atoms with Crippen molar-refractivity contribution in [1.29, 1.82) is 0 Å². The molecule has 0 aliphatic carbocycles. The van der Waals surface area contributed by atoms with Gasteiger partial charge in [0.05, 0.1) is 11.6 Å². The van der Waals surface area contributed by atoms with Crippen molar-refractivity contribution in [2.24, 2.45) is 0 Å². The Balaban J connectivity index is 1.33. The Kier molecular flexibility index (Phi) is 4.63. The molecule has 4 heterocycles. The molecular weight excluding hydrogens is 370 g/mol. The Hall–Kier alpha value is -3.00. The number of hydrogen-bond acceptors (Lipinski definition) is 6. The van der Waals surface area contributed by atoms with Gasteiger partial charge in [-0.15, -0.1) is 0 Å². The Morgan fingerprint density at radius 1 is 1.31 bits per heavy atom. The summed E-state index contributed by atoms with van der Waals surface area (Å²) in [6.07, 6.45) is 4.84. The molecule has 5 rings (SSSR count). The number of aromatic nitrogens is 3. The van der Waals surface area contributed by atoms with Crippen molar-refractivity contribution in [3.05, 3.63) is 58.1 Å². The third-order valence-electron chi connectivity index (χ3n) is 5.82. The smallest absolute Gasteiger partial charge is 0.408 e. The standard InChI is InChI=1S/C21H23N5O3/c27-19(8-11-26-16-4-1-2-6-18(16)29-21(26)28)25-10-3-5-17(25)20-23-13-14-12-22-9-7-15(14)24-20/h1-2,4,6,13,17,22H,3,5,7-12H2/t17-/m1/s1. The van der Waals surface area contributed by atoms with Gasteiger partial charge in [0.15, 0.2) is 11.4 Å². The first-order chi connectivity index (χ1) is 14.2. The van der Waals surface area contributed by atoms with E-state index in [1.807, 2.05) is 29.3 Å². The minimum absolute atomic E-state index is 0.0210.